The lowest BCUT2D eigenvalue weighted by Crippen LogP contribution is -2.17. The van der Waals surface area contributed by atoms with E-state index in [1.165, 1.54) is 12.7 Å². The largest absolute Gasteiger partial charge is 0.462 e. The lowest BCUT2D eigenvalue weighted by molar-refractivity contribution is -0.116. The van der Waals surface area contributed by atoms with Crippen molar-refractivity contribution in [2.45, 2.75) is 26.8 Å². The van der Waals surface area contributed by atoms with Crippen molar-refractivity contribution >= 4 is 17.6 Å². The van der Waals surface area contributed by atoms with Crippen LogP contribution in [0.2, 0.25) is 0 Å². The van der Waals surface area contributed by atoms with Gasteiger partial charge >= 0.3 is 5.97 Å². The summed E-state index contributed by atoms with van der Waals surface area (Å²) in [6.45, 7) is 4.18. The SMILES string of the molecule is CCOC(=O)c1c(NC(=O)CCn2cncn2)c[nH]c1C. The maximum absolute atomic E-state index is 11.9. The molecule has 0 aliphatic heterocycles. The summed E-state index contributed by atoms with van der Waals surface area (Å²) in [5, 5.41) is 6.62. The maximum atomic E-state index is 11.9. The number of rotatable bonds is 6. The first-order chi connectivity index (χ1) is 10.1. The van der Waals surface area contributed by atoms with E-state index in [-0.39, 0.29) is 18.9 Å². The molecular formula is C13H17N5O3. The third-order valence-electron chi connectivity index (χ3n) is 2.87. The Hall–Kier alpha value is -2.64. The molecule has 8 heteroatoms. The number of esters is 1. The second-order valence-corrected chi connectivity index (χ2v) is 4.38. The maximum Gasteiger partial charge on any atom is 0.342 e. The summed E-state index contributed by atoms with van der Waals surface area (Å²) in [6, 6.07) is 0. The van der Waals surface area contributed by atoms with Gasteiger partial charge in [0.25, 0.3) is 0 Å². The lowest BCUT2D eigenvalue weighted by Gasteiger charge is -2.07. The Bertz CT molecular complexity index is 618. The molecule has 112 valence electrons. The number of nitrogens with zero attached hydrogens (tertiary/aromatic N) is 3. The minimum atomic E-state index is -0.456. The van der Waals surface area contributed by atoms with Gasteiger partial charge < -0.3 is 15.0 Å². The minimum absolute atomic E-state index is 0.213. The van der Waals surface area contributed by atoms with Crippen LogP contribution in [-0.2, 0) is 16.1 Å². The molecule has 0 aromatic carbocycles. The van der Waals surface area contributed by atoms with Crippen LogP contribution in [0.15, 0.2) is 18.9 Å². The number of carbonyl (C=O) groups excluding carboxylic acids is 2. The van der Waals surface area contributed by atoms with Crippen LogP contribution < -0.4 is 5.32 Å². The highest BCUT2D eigenvalue weighted by atomic mass is 16.5. The average molecular weight is 291 g/mol. The van der Waals surface area contributed by atoms with E-state index >= 15 is 0 Å². The van der Waals surface area contributed by atoms with Crippen LogP contribution in [0.5, 0.6) is 0 Å². The summed E-state index contributed by atoms with van der Waals surface area (Å²) in [5.74, 6) is -0.669. The van der Waals surface area contributed by atoms with Crippen LogP contribution in [0, 0.1) is 6.92 Å². The first-order valence-corrected chi connectivity index (χ1v) is 6.59. The standard InChI is InChI=1S/C13H17N5O3/c1-3-21-13(20)12-9(2)15-6-10(12)17-11(19)4-5-18-8-14-7-16-18/h6-8,15H,3-5H2,1-2H3,(H,17,19). The molecule has 1 amide bonds. The summed E-state index contributed by atoms with van der Waals surface area (Å²) < 4.78 is 6.54. The molecular weight excluding hydrogens is 274 g/mol. The molecule has 2 aromatic rings. The van der Waals surface area contributed by atoms with Crippen molar-refractivity contribution in [1.29, 1.82) is 0 Å². The molecule has 0 saturated heterocycles. The molecule has 2 N–H and O–H groups in total. The lowest BCUT2D eigenvalue weighted by atomic mass is 10.2. The number of aromatic amines is 1. The Morgan fingerprint density at radius 3 is 2.95 bits per heavy atom. The van der Waals surface area contributed by atoms with E-state index in [0.29, 0.717) is 23.5 Å². The molecule has 0 radical (unpaired) electrons. The van der Waals surface area contributed by atoms with Gasteiger partial charge in [0, 0.05) is 18.3 Å². The second kappa shape index (κ2) is 6.69. The van der Waals surface area contributed by atoms with Gasteiger partial charge in [0.1, 0.15) is 18.2 Å². The molecule has 0 aliphatic rings. The van der Waals surface area contributed by atoms with Gasteiger partial charge in [0.05, 0.1) is 18.8 Å². The number of aryl methyl sites for hydroxylation is 2. The van der Waals surface area contributed by atoms with E-state index < -0.39 is 5.97 Å². The number of hydrogen-bond donors (Lipinski definition) is 2. The van der Waals surface area contributed by atoms with Crippen molar-refractivity contribution < 1.29 is 14.3 Å². The first kappa shape index (κ1) is 14.8. The average Bonchev–Trinajstić information content (AvgIpc) is 3.07. The van der Waals surface area contributed by atoms with Gasteiger partial charge in [-0.25, -0.2) is 9.78 Å². The van der Waals surface area contributed by atoms with Crippen LogP contribution in [-0.4, -0.2) is 38.2 Å². The summed E-state index contributed by atoms with van der Waals surface area (Å²) >= 11 is 0. The fourth-order valence-electron chi connectivity index (χ4n) is 1.87. The third-order valence-corrected chi connectivity index (χ3v) is 2.87. The number of nitrogens with one attached hydrogen (secondary N) is 2. The number of amides is 1. The van der Waals surface area contributed by atoms with Crippen molar-refractivity contribution in [3.63, 3.8) is 0 Å². The van der Waals surface area contributed by atoms with Gasteiger partial charge in [-0.05, 0) is 13.8 Å². The van der Waals surface area contributed by atoms with Crippen LogP contribution in [0.25, 0.3) is 0 Å². The topological polar surface area (TPSA) is 102 Å². The molecule has 0 bridgehead atoms. The molecule has 0 unspecified atom stereocenters. The molecule has 2 rings (SSSR count). The summed E-state index contributed by atoms with van der Waals surface area (Å²) in [4.78, 5) is 30.5. The zero-order valence-corrected chi connectivity index (χ0v) is 11.9. The number of aromatic nitrogens is 4. The number of anilines is 1. The van der Waals surface area contributed by atoms with Crippen LogP contribution in [0.3, 0.4) is 0 Å². The number of ether oxygens (including phenoxy) is 1. The highest BCUT2D eigenvalue weighted by Gasteiger charge is 2.19. The monoisotopic (exact) mass is 291 g/mol. The molecule has 2 heterocycles. The highest BCUT2D eigenvalue weighted by molar-refractivity contribution is 6.02. The quantitative estimate of drug-likeness (QED) is 0.776. The number of carbonyl (C=O) groups is 2. The van der Waals surface area contributed by atoms with Gasteiger partial charge in [-0.15, -0.1) is 0 Å². The predicted octanol–water partition coefficient (Wildman–Crippen LogP) is 1.12. The van der Waals surface area contributed by atoms with Crippen LogP contribution in [0.1, 0.15) is 29.4 Å². The Balaban J connectivity index is 1.99. The fourth-order valence-corrected chi connectivity index (χ4v) is 1.87. The molecule has 8 nitrogen and oxygen atoms in total. The van der Waals surface area contributed by atoms with Crippen LogP contribution in [0.4, 0.5) is 5.69 Å². The first-order valence-electron chi connectivity index (χ1n) is 6.59. The number of hydrogen-bond acceptors (Lipinski definition) is 5. The zero-order chi connectivity index (χ0) is 15.2. The second-order valence-electron chi connectivity index (χ2n) is 4.38. The van der Waals surface area contributed by atoms with Crippen molar-refractivity contribution in [3.8, 4) is 0 Å². The van der Waals surface area contributed by atoms with Crippen LogP contribution >= 0.6 is 0 Å². The van der Waals surface area contributed by atoms with Crippen molar-refractivity contribution in [2.24, 2.45) is 0 Å². The van der Waals surface area contributed by atoms with Gasteiger partial charge in [0.2, 0.25) is 5.91 Å². The minimum Gasteiger partial charge on any atom is -0.462 e. The fraction of sp³-hybridized carbons (Fsp3) is 0.385. The number of H-pyrrole nitrogens is 1. The summed E-state index contributed by atoms with van der Waals surface area (Å²) in [6.07, 6.45) is 4.76. The zero-order valence-electron chi connectivity index (χ0n) is 11.9. The smallest absolute Gasteiger partial charge is 0.342 e. The van der Waals surface area contributed by atoms with Crippen molar-refractivity contribution in [1.82, 2.24) is 19.7 Å². The summed E-state index contributed by atoms with van der Waals surface area (Å²) in [7, 11) is 0. The Morgan fingerprint density at radius 1 is 1.48 bits per heavy atom. The molecule has 0 atom stereocenters. The van der Waals surface area contributed by atoms with E-state index in [4.69, 9.17) is 4.74 Å². The normalized spacial score (nSPS) is 10.4. The van der Waals surface area contributed by atoms with Crippen molar-refractivity contribution in [3.05, 3.63) is 30.1 Å². The van der Waals surface area contributed by atoms with Gasteiger partial charge in [-0.2, -0.15) is 5.10 Å². The van der Waals surface area contributed by atoms with E-state index in [1.807, 2.05) is 0 Å². The molecule has 0 spiro atoms. The van der Waals surface area contributed by atoms with Gasteiger partial charge in [0.15, 0.2) is 0 Å². The Morgan fingerprint density at radius 2 is 2.29 bits per heavy atom. The highest BCUT2D eigenvalue weighted by Crippen LogP contribution is 2.20. The van der Waals surface area contributed by atoms with Gasteiger partial charge in [-0.3, -0.25) is 9.48 Å². The predicted molar refractivity (Wildman–Crippen MR) is 74.8 cm³/mol. The molecule has 2 aromatic heterocycles. The molecule has 0 fully saturated rings. The summed E-state index contributed by atoms with van der Waals surface area (Å²) in [5.41, 5.74) is 1.43. The van der Waals surface area contributed by atoms with E-state index in [9.17, 15) is 9.59 Å². The molecule has 21 heavy (non-hydrogen) atoms. The van der Waals surface area contributed by atoms with E-state index in [1.54, 1.807) is 24.7 Å². The molecule has 0 aliphatic carbocycles. The van der Waals surface area contributed by atoms with Gasteiger partial charge in [-0.1, -0.05) is 0 Å². The third kappa shape index (κ3) is 3.68. The Kier molecular flexibility index (Phi) is 4.70. The Labute approximate surface area is 121 Å². The van der Waals surface area contributed by atoms with Crippen molar-refractivity contribution in [2.75, 3.05) is 11.9 Å². The van der Waals surface area contributed by atoms with E-state index in [2.05, 4.69) is 20.4 Å². The molecule has 0 saturated carbocycles. The van der Waals surface area contributed by atoms with E-state index in [0.717, 1.165) is 0 Å².